The summed E-state index contributed by atoms with van der Waals surface area (Å²) in [5.74, 6) is 1.96. The molecule has 0 aliphatic rings. The summed E-state index contributed by atoms with van der Waals surface area (Å²) in [7, 11) is -2.88. The summed E-state index contributed by atoms with van der Waals surface area (Å²) < 4.78 is 22.9. The number of thioether (sulfide) groups is 1. The predicted octanol–water partition coefficient (Wildman–Crippen LogP) is 1.40. The van der Waals surface area contributed by atoms with Crippen LogP contribution in [0.3, 0.4) is 0 Å². The zero-order chi connectivity index (χ0) is 11.9. The maximum absolute atomic E-state index is 11.5. The summed E-state index contributed by atoms with van der Waals surface area (Å²) in [4.78, 5) is 0. The average Bonchev–Trinajstić information content (AvgIpc) is 2.13. The third kappa shape index (κ3) is 7.19. The van der Waals surface area contributed by atoms with Gasteiger partial charge in [0.25, 0.3) is 0 Å². The van der Waals surface area contributed by atoms with Crippen LogP contribution in [0.1, 0.15) is 20.8 Å². The molecule has 0 aromatic heterocycles. The van der Waals surface area contributed by atoms with Crippen molar-refractivity contribution in [2.24, 2.45) is 5.92 Å². The molecule has 0 spiro atoms. The van der Waals surface area contributed by atoms with Crippen molar-refractivity contribution in [1.29, 1.82) is 0 Å². The van der Waals surface area contributed by atoms with Gasteiger partial charge in [-0.3, -0.25) is 0 Å². The monoisotopic (exact) mass is 253 g/mol. The van der Waals surface area contributed by atoms with E-state index in [2.05, 4.69) is 18.5 Å². The second kappa shape index (κ2) is 7.52. The van der Waals surface area contributed by atoms with Gasteiger partial charge in [-0.25, -0.2) is 8.42 Å². The van der Waals surface area contributed by atoms with Crippen LogP contribution in [0.5, 0.6) is 0 Å². The zero-order valence-electron chi connectivity index (χ0n) is 10.1. The van der Waals surface area contributed by atoms with Gasteiger partial charge < -0.3 is 5.32 Å². The maximum Gasteiger partial charge on any atom is 0.153 e. The standard InChI is InChI=1S/C10H23NO2S2/c1-9(2)15(12,13)6-5-11-7-10(3)8-14-4/h9-11H,5-8H2,1-4H3. The lowest BCUT2D eigenvalue weighted by molar-refractivity contribution is 0.559. The van der Waals surface area contributed by atoms with Crippen LogP contribution < -0.4 is 5.32 Å². The van der Waals surface area contributed by atoms with E-state index in [4.69, 9.17) is 0 Å². The van der Waals surface area contributed by atoms with E-state index in [-0.39, 0.29) is 11.0 Å². The molecule has 0 aromatic rings. The van der Waals surface area contributed by atoms with Crippen molar-refractivity contribution < 1.29 is 8.42 Å². The average molecular weight is 253 g/mol. The fraction of sp³-hybridized carbons (Fsp3) is 1.00. The van der Waals surface area contributed by atoms with Gasteiger partial charge in [0.05, 0.1) is 11.0 Å². The van der Waals surface area contributed by atoms with Crippen molar-refractivity contribution >= 4 is 21.6 Å². The highest BCUT2D eigenvalue weighted by atomic mass is 32.2. The van der Waals surface area contributed by atoms with Crippen molar-refractivity contribution in [2.45, 2.75) is 26.0 Å². The van der Waals surface area contributed by atoms with E-state index < -0.39 is 9.84 Å². The Morgan fingerprint density at radius 2 is 1.87 bits per heavy atom. The van der Waals surface area contributed by atoms with E-state index in [1.807, 2.05) is 11.8 Å². The Labute approximate surface area is 98.3 Å². The molecule has 92 valence electrons. The predicted molar refractivity (Wildman–Crippen MR) is 69.3 cm³/mol. The summed E-state index contributed by atoms with van der Waals surface area (Å²) in [6.07, 6.45) is 2.08. The first kappa shape index (κ1) is 15.3. The van der Waals surface area contributed by atoms with Crippen LogP contribution in [-0.2, 0) is 9.84 Å². The lowest BCUT2D eigenvalue weighted by Gasteiger charge is -2.12. The lowest BCUT2D eigenvalue weighted by Crippen LogP contribution is -2.30. The summed E-state index contributed by atoms with van der Waals surface area (Å²) in [6, 6.07) is 0. The first-order valence-electron chi connectivity index (χ1n) is 5.31. The molecule has 0 heterocycles. The van der Waals surface area contributed by atoms with Crippen LogP contribution in [0.2, 0.25) is 0 Å². The van der Waals surface area contributed by atoms with Crippen LogP contribution in [-0.4, -0.2) is 44.5 Å². The van der Waals surface area contributed by atoms with Crippen molar-refractivity contribution in [1.82, 2.24) is 5.32 Å². The highest BCUT2D eigenvalue weighted by molar-refractivity contribution is 7.98. The number of sulfone groups is 1. The first-order chi connectivity index (χ1) is 6.90. The zero-order valence-corrected chi connectivity index (χ0v) is 11.7. The molecule has 0 aliphatic carbocycles. The Morgan fingerprint density at radius 3 is 2.33 bits per heavy atom. The van der Waals surface area contributed by atoms with Crippen LogP contribution in [0.15, 0.2) is 0 Å². The van der Waals surface area contributed by atoms with Crippen molar-refractivity contribution in [3.05, 3.63) is 0 Å². The quantitative estimate of drug-likeness (QED) is 0.664. The van der Waals surface area contributed by atoms with Gasteiger partial charge in [0.2, 0.25) is 0 Å². The van der Waals surface area contributed by atoms with Crippen LogP contribution >= 0.6 is 11.8 Å². The topological polar surface area (TPSA) is 46.2 Å². The first-order valence-corrected chi connectivity index (χ1v) is 8.42. The maximum atomic E-state index is 11.5. The molecule has 0 aromatic carbocycles. The molecule has 1 N–H and O–H groups in total. The molecule has 15 heavy (non-hydrogen) atoms. The van der Waals surface area contributed by atoms with E-state index in [1.54, 1.807) is 13.8 Å². The molecule has 1 atom stereocenters. The SMILES string of the molecule is CSCC(C)CNCCS(=O)(=O)C(C)C. The van der Waals surface area contributed by atoms with Crippen LogP contribution in [0.4, 0.5) is 0 Å². The highest BCUT2D eigenvalue weighted by Gasteiger charge is 2.14. The largest absolute Gasteiger partial charge is 0.315 e. The molecular weight excluding hydrogens is 230 g/mol. The number of hydrogen-bond donors (Lipinski definition) is 1. The van der Waals surface area contributed by atoms with E-state index in [0.717, 1.165) is 12.3 Å². The molecule has 3 nitrogen and oxygen atoms in total. The van der Waals surface area contributed by atoms with E-state index in [9.17, 15) is 8.42 Å². The molecule has 0 bridgehead atoms. The minimum atomic E-state index is -2.88. The Balaban J connectivity index is 3.63. The van der Waals surface area contributed by atoms with Gasteiger partial charge in [-0.05, 0) is 38.3 Å². The number of rotatable bonds is 8. The fourth-order valence-electron chi connectivity index (χ4n) is 1.14. The van der Waals surface area contributed by atoms with Gasteiger partial charge in [0.15, 0.2) is 9.84 Å². The molecular formula is C10H23NO2S2. The van der Waals surface area contributed by atoms with E-state index >= 15 is 0 Å². The Bertz CT molecular complexity index is 250. The second-order valence-electron chi connectivity index (χ2n) is 4.18. The van der Waals surface area contributed by atoms with Gasteiger partial charge in [-0.1, -0.05) is 6.92 Å². The Hall–Kier alpha value is 0.260. The Morgan fingerprint density at radius 1 is 1.27 bits per heavy atom. The van der Waals surface area contributed by atoms with Gasteiger partial charge in [-0.15, -0.1) is 0 Å². The van der Waals surface area contributed by atoms with Crippen LogP contribution in [0.25, 0.3) is 0 Å². The van der Waals surface area contributed by atoms with Gasteiger partial charge in [0.1, 0.15) is 0 Å². The summed E-state index contributed by atoms with van der Waals surface area (Å²) in [5.41, 5.74) is 0. The molecule has 0 saturated carbocycles. The molecule has 0 fully saturated rings. The second-order valence-corrected chi connectivity index (χ2v) is 7.77. The molecule has 0 rings (SSSR count). The number of hydrogen-bond acceptors (Lipinski definition) is 4. The normalized spacial score (nSPS) is 14.5. The minimum Gasteiger partial charge on any atom is -0.315 e. The Kier molecular flexibility index (Phi) is 7.65. The molecule has 0 saturated heterocycles. The van der Waals surface area contributed by atoms with Gasteiger partial charge >= 0.3 is 0 Å². The summed E-state index contributed by atoms with van der Waals surface area (Å²) in [6.45, 7) is 7.09. The minimum absolute atomic E-state index is 0.247. The van der Waals surface area contributed by atoms with Crippen LogP contribution in [0, 0.1) is 5.92 Å². The van der Waals surface area contributed by atoms with Gasteiger partial charge in [-0.2, -0.15) is 11.8 Å². The van der Waals surface area contributed by atoms with E-state index in [0.29, 0.717) is 12.5 Å². The molecule has 1 unspecified atom stereocenters. The summed E-state index contributed by atoms with van der Waals surface area (Å²) in [5, 5.41) is 2.93. The molecule has 0 amide bonds. The lowest BCUT2D eigenvalue weighted by atomic mass is 10.2. The highest BCUT2D eigenvalue weighted by Crippen LogP contribution is 2.03. The number of nitrogens with one attached hydrogen (secondary N) is 1. The third-order valence-corrected chi connectivity index (χ3v) is 5.34. The summed E-state index contributed by atoms with van der Waals surface area (Å²) >= 11 is 1.82. The molecule has 0 radical (unpaired) electrons. The third-order valence-electron chi connectivity index (χ3n) is 2.23. The van der Waals surface area contributed by atoms with Crippen molar-refractivity contribution in [3.8, 4) is 0 Å². The molecule has 5 heteroatoms. The smallest absolute Gasteiger partial charge is 0.153 e. The van der Waals surface area contributed by atoms with Gasteiger partial charge in [0, 0.05) is 6.54 Å². The van der Waals surface area contributed by atoms with Crippen molar-refractivity contribution in [2.75, 3.05) is 30.9 Å². The van der Waals surface area contributed by atoms with E-state index in [1.165, 1.54) is 0 Å². The molecule has 0 aliphatic heterocycles. The fourth-order valence-corrected chi connectivity index (χ4v) is 2.73. The van der Waals surface area contributed by atoms with Crippen molar-refractivity contribution in [3.63, 3.8) is 0 Å².